The zero-order valence-electron chi connectivity index (χ0n) is 17.3. The Balaban J connectivity index is 0.000000187. The summed E-state index contributed by atoms with van der Waals surface area (Å²) in [4.78, 5) is 6.39. The van der Waals surface area contributed by atoms with Gasteiger partial charge in [-0.25, -0.2) is 8.78 Å². The molecule has 0 aliphatic carbocycles. The van der Waals surface area contributed by atoms with Crippen molar-refractivity contribution < 1.29 is 8.78 Å². The maximum atomic E-state index is 13.7. The predicted octanol–water partition coefficient (Wildman–Crippen LogP) is 5.86. The molecule has 2 aromatic carbocycles. The molecular formula is C24H27F2N3S. The Kier molecular flexibility index (Phi) is 7.48. The molecule has 1 aromatic heterocycles. The molecule has 0 saturated carbocycles. The summed E-state index contributed by atoms with van der Waals surface area (Å²) in [6.45, 7) is 7.56. The average Bonchev–Trinajstić information content (AvgIpc) is 3.11. The van der Waals surface area contributed by atoms with Crippen LogP contribution in [0.4, 0.5) is 8.78 Å². The number of fused-ring (bicyclic) bond motifs is 1. The van der Waals surface area contributed by atoms with Crippen molar-refractivity contribution in [3.05, 3.63) is 94.5 Å². The number of likely N-dealkylation sites (N-methyl/N-ethyl adjacent to an activating group) is 1. The van der Waals surface area contributed by atoms with Gasteiger partial charge in [-0.2, -0.15) is 0 Å². The molecule has 3 N–H and O–H groups in total. The number of halogens is 2. The highest BCUT2D eigenvalue weighted by molar-refractivity contribution is 8.03. The molecule has 30 heavy (non-hydrogen) atoms. The third-order valence-corrected chi connectivity index (χ3v) is 5.79. The summed E-state index contributed by atoms with van der Waals surface area (Å²) in [6.07, 6.45) is 0.891. The summed E-state index contributed by atoms with van der Waals surface area (Å²) in [6, 6.07) is 15.8. The van der Waals surface area contributed by atoms with Crippen LogP contribution in [0.3, 0.4) is 0 Å². The van der Waals surface area contributed by atoms with Crippen LogP contribution in [0.1, 0.15) is 29.1 Å². The van der Waals surface area contributed by atoms with E-state index in [1.165, 1.54) is 18.2 Å². The van der Waals surface area contributed by atoms with Crippen molar-refractivity contribution in [2.75, 3.05) is 13.6 Å². The van der Waals surface area contributed by atoms with Gasteiger partial charge in [0, 0.05) is 25.2 Å². The number of H-pyrrole nitrogens is 1. The van der Waals surface area contributed by atoms with Crippen molar-refractivity contribution in [2.24, 2.45) is 5.73 Å². The third kappa shape index (κ3) is 5.59. The van der Waals surface area contributed by atoms with E-state index in [-0.39, 0.29) is 10.9 Å². The van der Waals surface area contributed by atoms with Crippen LogP contribution in [0.15, 0.2) is 66.1 Å². The average molecular weight is 428 g/mol. The van der Waals surface area contributed by atoms with Crippen molar-refractivity contribution in [3.8, 4) is 11.3 Å². The van der Waals surface area contributed by atoms with Crippen LogP contribution in [0.25, 0.3) is 11.3 Å². The van der Waals surface area contributed by atoms with Crippen molar-refractivity contribution in [3.63, 3.8) is 0 Å². The lowest BCUT2D eigenvalue weighted by Gasteiger charge is -2.21. The van der Waals surface area contributed by atoms with Gasteiger partial charge >= 0.3 is 0 Å². The van der Waals surface area contributed by atoms with Crippen molar-refractivity contribution in [1.29, 1.82) is 0 Å². The Morgan fingerprint density at radius 2 is 1.80 bits per heavy atom. The summed E-state index contributed by atoms with van der Waals surface area (Å²) in [7, 11) is 2.04. The van der Waals surface area contributed by atoms with E-state index in [1.807, 2.05) is 50.4 Å². The zero-order valence-corrected chi connectivity index (χ0v) is 18.1. The smallest absolute Gasteiger partial charge is 0.135 e. The zero-order chi connectivity index (χ0) is 21.7. The van der Waals surface area contributed by atoms with Crippen molar-refractivity contribution >= 4 is 11.8 Å². The van der Waals surface area contributed by atoms with Gasteiger partial charge < -0.3 is 15.6 Å². The molecule has 158 valence electrons. The van der Waals surface area contributed by atoms with E-state index in [1.54, 1.807) is 11.8 Å². The van der Waals surface area contributed by atoms with E-state index in [0.29, 0.717) is 5.69 Å². The number of aromatic amines is 1. The molecule has 0 radical (unpaired) electrons. The van der Waals surface area contributed by atoms with Crippen LogP contribution in [0.5, 0.6) is 0 Å². The first-order chi connectivity index (χ1) is 14.3. The van der Waals surface area contributed by atoms with E-state index >= 15 is 0 Å². The topological polar surface area (TPSA) is 45.0 Å². The van der Waals surface area contributed by atoms with Gasteiger partial charge in [0.15, 0.2) is 0 Å². The molecular weight excluding hydrogens is 400 g/mol. The lowest BCUT2D eigenvalue weighted by atomic mass is 10.1. The molecule has 2 heterocycles. The lowest BCUT2D eigenvalue weighted by molar-refractivity contribution is 0.312. The Morgan fingerprint density at radius 3 is 2.43 bits per heavy atom. The van der Waals surface area contributed by atoms with Gasteiger partial charge in [0.1, 0.15) is 11.6 Å². The number of nitrogens with two attached hydrogens (primary N) is 1. The van der Waals surface area contributed by atoms with Gasteiger partial charge in [0.05, 0.1) is 16.6 Å². The molecule has 0 fully saturated rings. The van der Waals surface area contributed by atoms with Crippen molar-refractivity contribution in [1.82, 2.24) is 9.88 Å². The first-order valence-corrected chi connectivity index (χ1v) is 10.7. The fourth-order valence-corrected chi connectivity index (χ4v) is 4.12. The number of hydrogen-bond acceptors (Lipinski definition) is 3. The highest BCUT2D eigenvalue weighted by Crippen LogP contribution is 2.30. The van der Waals surface area contributed by atoms with E-state index in [2.05, 4.69) is 16.5 Å². The minimum Gasteiger partial charge on any atom is -0.358 e. The second-order valence-corrected chi connectivity index (χ2v) is 8.86. The highest BCUT2D eigenvalue weighted by atomic mass is 32.2. The fourth-order valence-electron chi connectivity index (χ4n) is 3.39. The SMILES string of the molecule is C=C(C)SC(N)c1ccccc1.CN1CCc2[nH]c(-c3c(F)cccc3F)cc2C1. The van der Waals surface area contributed by atoms with Crippen LogP contribution in [-0.2, 0) is 13.0 Å². The van der Waals surface area contributed by atoms with E-state index < -0.39 is 11.6 Å². The van der Waals surface area contributed by atoms with Crippen LogP contribution in [-0.4, -0.2) is 23.5 Å². The molecule has 1 aliphatic rings. The quantitative estimate of drug-likeness (QED) is 0.513. The lowest BCUT2D eigenvalue weighted by Crippen LogP contribution is -2.25. The molecule has 3 aromatic rings. The van der Waals surface area contributed by atoms with Crippen LogP contribution in [0.2, 0.25) is 0 Å². The van der Waals surface area contributed by atoms with Crippen molar-refractivity contribution in [2.45, 2.75) is 25.3 Å². The van der Waals surface area contributed by atoms with Gasteiger partial charge in [-0.3, -0.25) is 0 Å². The maximum absolute atomic E-state index is 13.7. The monoisotopic (exact) mass is 427 g/mol. The Labute approximate surface area is 181 Å². The normalized spacial score (nSPS) is 14.4. The molecule has 1 atom stereocenters. The first kappa shape index (κ1) is 22.3. The highest BCUT2D eigenvalue weighted by Gasteiger charge is 2.19. The molecule has 0 spiro atoms. The van der Waals surface area contributed by atoms with Gasteiger partial charge in [-0.15, -0.1) is 11.8 Å². The minimum atomic E-state index is -0.526. The molecule has 1 unspecified atom stereocenters. The number of nitrogens with one attached hydrogen (secondary N) is 1. The summed E-state index contributed by atoms with van der Waals surface area (Å²) < 4.78 is 27.4. The van der Waals surface area contributed by atoms with E-state index in [0.717, 1.165) is 41.2 Å². The summed E-state index contributed by atoms with van der Waals surface area (Å²) in [5, 5.41) is 0.0173. The summed E-state index contributed by atoms with van der Waals surface area (Å²) >= 11 is 1.59. The standard InChI is InChI=1S/C14H14F2N2.C10H13NS/c1-18-6-5-12-9(8-18)7-13(17-12)14-10(15)3-2-4-11(14)16;1-8(2)12-10(11)9-6-4-3-5-7-9/h2-4,7,17H,5-6,8H2,1H3;3-7,10H,1,11H2,2H3. The Morgan fingerprint density at radius 1 is 1.13 bits per heavy atom. The molecule has 4 rings (SSSR count). The van der Waals surface area contributed by atoms with Crippen LogP contribution >= 0.6 is 11.8 Å². The summed E-state index contributed by atoms with van der Waals surface area (Å²) in [5.74, 6) is -1.05. The molecule has 0 amide bonds. The fraction of sp³-hybridized carbons (Fsp3) is 0.250. The summed E-state index contributed by atoms with van der Waals surface area (Å²) in [5.41, 5.74) is 9.83. The number of aromatic nitrogens is 1. The maximum Gasteiger partial charge on any atom is 0.135 e. The number of benzene rings is 2. The van der Waals surface area contributed by atoms with Crippen LogP contribution in [0, 0.1) is 11.6 Å². The van der Waals surface area contributed by atoms with E-state index in [9.17, 15) is 8.78 Å². The number of hydrogen-bond donors (Lipinski definition) is 2. The predicted molar refractivity (Wildman–Crippen MR) is 122 cm³/mol. The molecule has 3 nitrogen and oxygen atoms in total. The Hall–Kier alpha value is -2.41. The van der Waals surface area contributed by atoms with Gasteiger partial charge in [-0.1, -0.05) is 43.0 Å². The second kappa shape index (κ2) is 10.1. The molecule has 0 saturated heterocycles. The number of nitrogens with zero attached hydrogens (tertiary/aromatic N) is 1. The van der Waals surface area contributed by atoms with Crippen LogP contribution < -0.4 is 5.73 Å². The largest absolute Gasteiger partial charge is 0.358 e. The number of thioether (sulfide) groups is 1. The Bertz CT molecular complexity index is 981. The first-order valence-electron chi connectivity index (χ1n) is 9.81. The second-order valence-electron chi connectivity index (χ2n) is 7.42. The van der Waals surface area contributed by atoms with Gasteiger partial charge in [0.2, 0.25) is 0 Å². The molecule has 1 aliphatic heterocycles. The van der Waals surface area contributed by atoms with Gasteiger partial charge in [-0.05, 0) is 48.2 Å². The number of allylic oxidation sites excluding steroid dienone is 1. The molecule has 0 bridgehead atoms. The number of rotatable bonds is 4. The third-order valence-electron chi connectivity index (χ3n) is 4.86. The van der Waals surface area contributed by atoms with Gasteiger partial charge in [0.25, 0.3) is 0 Å². The molecule has 6 heteroatoms. The minimum absolute atomic E-state index is 0.0173. The van der Waals surface area contributed by atoms with E-state index in [4.69, 9.17) is 5.73 Å².